The van der Waals surface area contributed by atoms with Crippen molar-refractivity contribution in [3.63, 3.8) is 0 Å². The number of hydrogen-bond donors (Lipinski definition) is 2. The van der Waals surface area contributed by atoms with E-state index in [1.807, 2.05) is 37.4 Å². The molecule has 2 aromatic heterocycles. The van der Waals surface area contributed by atoms with Crippen molar-refractivity contribution in [3.8, 4) is 17.4 Å². The molecular weight excluding hydrogens is 410 g/mol. The topological polar surface area (TPSA) is 106 Å². The van der Waals surface area contributed by atoms with Crippen LogP contribution in [0.1, 0.15) is 17.7 Å². The molecule has 2 aliphatic heterocycles. The number of benzene rings is 1. The summed E-state index contributed by atoms with van der Waals surface area (Å²) in [4.78, 5) is 28.0. The third kappa shape index (κ3) is 4.50. The van der Waals surface area contributed by atoms with Crippen LogP contribution in [0.25, 0.3) is 5.95 Å². The number of aromatic nitrogens is 4. The maximum atomic E-state index is 12.6. The van der Waals surface area contributed by atoms with Crippen LogP contribution in [-0.2, 0) is 11.3 Å². The second kappa shape index (κ2) is 8.83. The first-order valence-corrected chi connectivity index (χ1v) is 10.6. The van der Waals surface area contributed by atoms with E-state index in [0.29, 0.717) is 25.5 Å². The van der Waals surface area contributed by atoms with Gasteiger partial charge in [-0.2, -0.15) is 4.98 Å². The highest BCUT2D eigenvalue weighted by Gasteiger charge is 2.23. The Kier molecular flexibility index (Phi) is 5.59. The molecule has 2 aliphatic rings. The van der Waals surface area contributed by atoms with Gasteiger partial charge in [-0.15, -0.1) is 0 Å². The van der Waals surface area contributed by atoms with Crippen LogP contribution in [0, 0.1) is 6.92 Å². The van der Waals surface area contributed by atoms with Crippen LogP contribution in [0.2, 0.25) is 0 Å². The van der Waals surface area contributed by atoms with Crippen LogP contribution in [0.15, 0.2) is 43.0 Å². The molecule has 3 aromatic rings. The lowest BCUT2D eigenvalue weighted by atomic mass is 10.1. The Balaban J connectivity index is 1.19. The van der Waals surface area contributed by atoms with Crippen LogP contribution >= 0.6 is 0 Å². The minimum atomic E-state index is -0.00000977. The molecule has 10 heteroatoms. The molecule has 10 nitrogen and oxygen atoms in total. The van der Waals surface area contributed by atoms with Crippen molar-refractivity contribution in [1.82, 2.24) is 30.2 Å². The lowest BCUT2D eigenvalue weighted by molar-refractivity contribution is -0.121. The van der Waals surface area contributed by atoms with Crippen LogP contribution in [0.5, 0.6) is 11.5 Å². The summed E-state index contributed by atoms with van der Waals surface area (Å²) in [6.07, 6.45) is 5.60. The Bertz CT molecular complexity index is 1100. The number of rotatable bonds is 6. The summed E-state index contributed by atoms with van der Waals surface area (Å²) >= 11 is 0. The zero-order chi connectivity index (χ0) is 21.9. The van der Waals surface area contributed by atoms with Crippen molar-refractivity contribution in [3.05, 3.63) is 54.2 Å². The van der Waals surface area contributed by atoms with E-state index in [0.717, 1.165) is 41.7 Å². The molecule has 0 bridgehead atoms. The number of carbonyl (C=O) groups excluding carboxylic acids is 1. The predicted octanol–water partition coefficient (Wildman–Crippen LogP) is 1.18. The SMILES string of the molecule is Cc1cc(N2CCNC(CC(=O)NCc3ccc4c(c3)OCO4)C2)nc(-n2ccnc2)n1. The Morgan fingerprint density at radius 1 is 1.25 bits per heavy atom. The third-order valence-electron chi connectivity index (χ3n) is 5.50. The molecule has 4 heterocycles. The number of imidazole rings is 1. The monoisotopic (exact) mass is 435 g/mol. The summed E-state index contributed by atoms with van der Waals surface area (Å²) < 4.78 is 12.5. The largest absolute Gasteiger partial charge is 0.454 e. The van der Waals surface area contributed by atoms with Crippen molar-refractivity contribution in [1.29, 1.82) is 0 Å². The van der Waals surface area contributed by atoms with E-state index in [1.165, 1.54) is 0 Å². The second-order valence-corrected chi connectivity index (χ2v) is 7.90. The second-order valence-electron chi connectivity index (χ2n) is 7.90. The summed E-state index contributed by atoms with van der Waals surface area (Å²) in [6.45, 7) is 4.93. The Labute approximate surface area is 185 Å². The minimum absolute atomic E-state index is 0.00000977. The van der Waals surface area contributed by atoms with Gasteiger partial charge in [0.25, 0.3) is 0 Å². The van der Waals surface area contributed by atoms with Crippen LogP contribution in [0.3, 0.4) is 0 Å². The number of aryl methyl sites for hydroxylation is 1. The zero-order valence-corrected chi connectivity index (χ0v) is 17.8. The van der Waals surface area contributed by atoms with Crippen molar-refractivity contribution in [2.24, 2.45) is 0 Å². The highest BCUT2D eigenvalue weighted by molar-refractivity contribution is 5.76. The molecule has 5 rings (SSSR count). The molecule has 1 unspecified atom stereocenters. The molecule has 1 amide bonds. The van der Waals surface area contributed by atoms with Crippen molar-refractivity contribution in [2.75, 3.05) is 31.3 Å². The Morgan fingerprint density at radius 3 is 3.03 bits per heavy atom. The fraction of sp³-hybridized carbons (Fsp3) is 0.364. The number of nitrogens with one attached hydrogen (secondary N) is 2. The normalized spacial score (nSPS) is 17.4. The number of carbonyl (C=O) groups is 1. The molecule has 0 aliphatic carbocycles. The van der Waals surface area contributed by atoms with Crippen LogP contribution in [-0.4, -0.2) is 57.9 Å². The van der Waals surface area contributed by atoms with E-state index >= 15 is 0 Å². The molecule has 32 heavy (non-hydrogen) atoms. The van der Waals surface area contributed by atoms with E-state index in [9.17, 15) is 4.79 Å². The van der Waals surface area contributed by atoms with Gasteiger partial charge in [0.2, 0.25) is 18.6 Å². The Morgan fingerprint density at radius 2 is 2.16 bits per heavy atom. The first-order valence-electron chi connectivity index (χ1n) is 10.6. The van der Waals surface area contributed by atoms with Gasteiger partial charge in [-0.3, -0.25) is 9.36 Å². The van der Waals surface area contributed by atoms with Gasteiger partial charge < -0.3 is 25.0 Å². The van der Waals surface area contributed by atoms with Gasteiger partial charge in [0.05, 0.1) is 0 Å². The lowest BCUT2D eigenvalue weighted by Gasteiger charge is -2.34. The average Bonchev–Trinajstić information content (AvgIpc) is 3.49. The van der Waals surface area contributed by atoms with E-state index in [-0.39, 0.29) is 18.7 Å². The van der Waals surface area contributed by atoms with Gasteiger partial charge >= 0.3 is 0 Å². The maximum Gasteiger partial charge on any atom is 0.237 e. The van der Waals surface area contributed by atoms with Gasteiger partial charge in [-0.05, 0) is 24.6 Å². The first-order chi connectivity index (χ1) is 15.6. The molecular formula is C22H25N7O3. The number of ether oxygens (including phenoxy) is 2. The van der Waals surface area contributed by atoms with Crippen molar-refractivity contribution >= 4 is 11.7 Å². The summed E-state index contributed by atoms with van der Waals surface area (Å²) in [5.41, 5.74) is 1.86. The highest BCUT2D eigenvalue weighted by Crippen LogP contribution is 2.32. The van der Waals surface area contributed by atoms with E-state index in [1.54, 1.807) is 17.1 Å². The summed E-state index contributed by atoms with van der Waals surface area (Å²) in [7, 11) is 0. The molecule has 1 fully saturated rings. The molecule has 2 N–H and O–H groups in total. The van der Waals surface area contributed by atoms with Gasteiger partial charge in [-0.25, -0.2) is 9.97 Å². The minimum Gasteiger partial charge on any atom is -0.454 e. The molecule has 1 saturated heterocycles. The first kappa shape index (κ1) is 20.3. The predicted molar refractivity (Wildman–Crippen MR) is 117 cm³/mol. The van der Waals surface area contributed by atoms with E-state index in [4.69, 9.17) is 14.5 Å². The molecule has 0 radical (unpaired) electrons. The van der Waals surface area contributed by atoms with E-state index in [2.05, 4.69) is 25.5 Å². The van der Waals surface area contributed by atoms with Crippen LogP contribution in [0.4, 0.5) is 5.82 Å². The van der Waals surface area contributed by atoms with Crippen molar-refractivity contribution in [2.45, 2.75) is 25.9 Å². The molecule has 1 atom stereocenters. The number of amides is 1. The van der Waals surface area contributed by atoms with Crippen LogP contribution < -0.4 is 25.0 Å². The summed E-state index contributed by atoms with van der Waals surface area (Å²) in [5.74, 6) is 2.90. The summed E-state index contributed by atoms with van der Waals surface area (Å²) in [6, 6.07) is 7.71. The van der Waals surface area contributed by atoms with E-state index < -0.39 is 0 Å². The highest BCUT2D eigenvalue weighted by atomic mass is 16.7. The van der Waals surface area contributed by atoms with Gasteiger partial charge in [-0.1, -0.05) is 6.07 Å². The fourth-order valence-corrected chi connectivity index (χ4v) is 3.91. The van der Waals surface area contributed by atoms with Gasteiger partial charge in [0.1, 0.15) is 12.1 Å². The molecule has 166 valence electrons. The maximum absolute atomic E-state index is 12.6. The Hall–Kier alpha value is -3.66. The zero-order valence-electron chi connectivity index (χ0n) is 17.8. The molecule has 0 spiro atoms. The third-order valence-corrected chi connectivity index (χ3v) is 5.50. The number of anilines is 1. The quantitative estimate of drug-likeness (QED) is 0.595. The number of hydrogen-bond acceptors (Lipinski definition) is 8. The lowest BCUT2D eigenvalue weighted by Crippen LogP contribution is -2.52. The standard InChI is InChI=1S/C22H25N7O3/c1-15-8-20(27-22(26-15)29-6-4-23-13-29)28-7-5-24-17(12-28)10-21(30)25-11-16-2-3-18-19(9-16)32-14-31-18/h2-4,6,8-9,13,17,24H,5,7,10-12,14H2,1H3,(H,25,30). The molecule has 0 saturated carbocycles. The number of piperazine rings is 1. The smallest absolute Gasteiger partial charge is 0.237 e. The van der Waals surface area contributed by atoms with Crippen molar-refractivity contribution < 1.29 is 14.3 Å². The number of nitrogens with zero attached hydrogens (tertiary/aromatic N) is 5. The summed E-state index contributed by atoms with van der Waals surface area (Å²) in [5, 5.41) is 6.44. The van der Waals surface area contributed by atoms with Gasteiger partial charge in [0.15, 0.2) is 11.5 Å². The van der Waals surface area contributed by atoms with Gasteiger partial charge in [0, 0.05) is 62.8 Å². The fourth-order valence-electron chi connectivity index (χ4n) is 3.91. The number of fused-ring (bicyclic) bond motifs is 1. The average molecular weight is 435 g/mol. The molecule has 1 aromatic carbocycles.